The van der Waals surface area contributed by atoms with Crippen LogP contribution < -0.4 is 0 Å². The van der Waals surface area contributed by atoms with Crippen molar-refractivity contribution in [1.29, 1.82) is 0 Å². The lowest BCUT2D eigenvalue weighted by Crippen LogP contribution is -2.16. The van der Waals surface area contributed by atoms with E-state index in [1.807, 2.05) is 0 Å². The molecule has 0 fully saturated rings. The maximum absolute atomic E-state index is 5.98. The van der Waals surface area contributed by atoms with E-state index in [4.69, 9.17) is 4.74 Å². The molecule has 96 valence electrons. The first kappa shape index (κ1) is 13.1. The van der Waals surface area contributed by atoms with Crippen molar-refractivity contribution in [2.45, 2.75) is 38.7 Å². The molecular weight excluding hydrogens is 220 g/mol. The quantitative estimate of drug-likeness (QED) is 0.692. The molecule has 0 saturated heterocycles. The number of ether oxygens (including phenoxy) is 1. The van der Waals surface area contributed by atoms with Crippen LogP contribution in [-0.2, 0) is 11.2 Å². The van der Waals surface area contributed by atoms with E-state index in [1.54, 1.807) is 0 Å². The first-order valence-corrected chi connectivity index (χ1v) is 6.92. The second kappa shape index (κ2) is 7.17. The normalized spacial score (nSPS) is 15.7. The second-order valence-electron chi connectivity index (χ2n) is 4.73. The van der Waals surface area contributed by atoms with Crippen LogP contribution in [0.4, 0.5) is 0 Å². The molecule has 1 aromatic rings. The molecule has 1 aromatic carbocycles. The third-order valence-corrected chi connectivity index (χ3v) is 3.23. The van der Waals surface area contributed by atoms with E-state index in [-0.39, 0.29) is 6.10 Å². The van der Waals surface area contributed by atoms with E-state index in [2.05, 4.69) is 55.5 Å². The zero-order valence-electron chi connectivity index (χ0n) is 11.1. The van der Waals surface area contributed by atoms with Crippen molar-refractivity contribution in [3.8, 4) is 0 Å². The Balaban J connectivity index is 1.91. The molecular formula is C17H22O. The summed E-state index contributed by atoms with van der Waals surface area (Å²) in [7, 11) is 0. The Morgan fingerprint density at radius 3 is 2.72 bits per heavy atom. The molecule has 2 rings (SSSR count). The van der Waals surface area contributed by atoms with Crippen LogP contribution >= 0.6 is 0 Å². The van der Waals surface area contributed by atoms with Crippen molar-refractivity contribution in [2.75, 3.05) is 6.61 Å². The smallest absolute Gasteiger partial charge is 0.0825 e. The first-order chi connectivity index (χ1) is 8.90. The maximum atomic E-state index is 5.98. The molecule has 0 aliphatic heterocycles. The molecule has 0 saturated carbocycles. The zero-order chi connectivity index (χ0) is 12.6. The van der Waals surface area contributed by atoms with Gasteiger partial charge < -0.3 is 4.74 Å². The van der Waals surface area contributed by atoms with Gasteiger partial charge in [0.25, 0.3) is 0 Å². The summed E-state index contributed by atoms with van der Waals surface area (Å²) in [6.07, 6.45) is 11.3. The molecule has 0 aromatic heterocycles. The molecule has 0 heterocycles. The van der Waals surface area contributed by atoms with Gasteiger partial charge >= 0.3 is 0 Å². The highest BCUT2D eigenvalue weighted by Crippen LogP contribution is 2.20. The molecule has 0 amide bonds. The van der Waals surface area contributed by atoms with Crippen LogP contribution in [0.5, 0.6) is 0 Å². The monoisotopic (exact) mass is 242 g/mol. The van der Waals surface area contributed by atoms with Gasteiger partial charge in [0.15, 0.2) is 0 Å². The first-order valence-electron chi connectivity index (χ1n) is 6.92. The summed E-state index contributed by atoms with van der Waals surface area (Å²) in [6, 6.07) is 10.7. The standard InChI is InChI=1S/C17H22O/c1-2-14-18-17(16-10-6-7-11-16)13-12-15-8-4-3-5-9-15/h3-6,8-11,17H,2,7,12-14H2,1H3. The number of allylic oxidation sites excluding steroid dienone is 2. The van der Waals surface area contributed by atoms with Gasteiger partial charge in [-0.25, -0.2) is 0 Å². The fourth-order valence-corrected chi connectivity index (χ4v) is 2.26. The summed E-state index contributed by atoms with van der Waals surface area (Å²) in [5, 5.41) is 0. The maximum Gasteiger partial charge on any atom is 0.0825 e. The van der Waals surface area contributed by atoms with Crippen molar-refractivity contribution in [3.05, 3.63) is 59.7 Å². The fraction of sp³-hybridized carbons (Fsp3) is 0.412. The lowest BCUT2D eigenvalue weighted by molar-refractivity contribution is 0.0747. The topological polar surface area (TPSA) is 9.23 Å². The van der Waals surface area contributed by atoms with Crippen molar-refractivity contribution in [2.24, 2.45) is 0 Å². The van der Waals surface area contributed by atoms with Crippen molar-refractivity contribution in [3.63, 3.8) is 0 Å². The minimum absolute atomic E-state index is 0.268. The van der Waals surface area contributed by atoms with Crippen LogP contribution in [0.15, 0.2) is 54.1 Å². The predicted molar refractivity (Wildman–Crippen MR) is 76.6 cm³/mol. The molecule has 18 heavy (non-hydrogen) atoms. The molecule has 1 atom stereocenters. The Morgan fingerprint density at radius 2 is 2.06 bits per heavy atom. The van der Waals surface area contributed by atoms with Crippen LogP contribution in [0.2, 0.25) is 0 Å². The number of benzene rings is 1. The SMILES string of the molecule is CCCOC(CCc1ccccc1)C1=CCC=C1. The minimum atomic E-state index is 0.268. The largest absolute Gasteiger partial charge is 0.374 e. The van der Waals surface area contributed by atoms with E-state index in [9.17, 15) is 0 Å². The average molecular weight is 242 g/mol. The lowest BCUT2D eigenvalue weighted by atomic mass is 10.0. The van der Waals surface area contributed by atoms with Gasteiger partial charge in [-0.3, -0.25) is 0 Å². The van der Waals surface area contributed by atoms with E-state index in [0.717, 1.165) is 32.3 Å². The van der Waals surface area contributed by atoms with Gasteiger partial charge in [0.1, 0.15) is 0 Å². The highest BCUT2D eigenvalue weighted by atomic mass is 16.5. The van der Waals surface area contributed by atoms with Crippen LogP contribution in [0.1, 0.15) is 31.7 Å². The number of hydrogen-bond acceptors (Lipinski definition) is 1. The molecule has 1 heteroatoms. The summed E-state index contributed by atoms with van der Waals surface area (Å²) in [6.45, 7) is 3.01. The molecule has 1 aliphatic carbocycles. The number of rotatable bonds is 7. The summed E-state index contributed by atoms with van der Waals surface area (Å²) >= 11 is 0. The Labute approximate surface area is 110 Å². The Morgan fingerprint density at radius 1 is 1.22 bits per heavy atom. The highest BCUT2D eigenvalue weighted by molar-refractivity contribution is 5.30. The van der Waals surface area contributed by atoms with Crippen molar-refractivity contribution >= 4 is 0 Å². The molecule has 1 nitrogen and oxygen atoms in total. The third kappa shape index (κ3) is 3.85. The third-order valence-electron chi connectivity index (χ3n) is 3.23. The zero-order valence-corrected chi connectivity index (χ0v) is 11.1. The van der Waals surface area contributed by atoms with E-state index in [1.165, 1.54) is 11.1 Å². The Kier molecular flexibility index (Phi) is 5.22. The van der Waals surface area contributed by atoms with Crippen LogP contribution in [-0.4, -0.2) is 12.7 Å². The molecule has 0 spiro atoms. The van der Waals surface area contributed by atoms with Gasteiger partial charge in [-0.05, 0) is 36.8 Å². The molecule has 1 unspecified atom stereocenters. The van der Waals surface area contributed by atoms with Crippen LogP contribution in [0, 0.1) is 0 Å². The lowest BCUT2D eigenvalue weighted by Gasteiger charge is -2.18. The molecule has 1 aliphatic rings. The van der Waals surface area contributed by atoms with Crippen LogP contribution in [0.3, 0.4) is 0 Å². The summed E-state index contributed by atoms with van der Waals surface area (Å²) in [5.74, 6) is 0. The Bertz CT molecular complexity index is 403. The molecule has 0 bridgehead atoms. The van der Waals surface area contributed by atoms with Gasteiger partial charge in [0.05, 0.1) is 6.10 Å². The van der Waals surface area contributed by atoms with Crippen molar-refractivity contribution in [1.82, 2.24) is 0 Å². The summed E-state index contributed by atoms with van der Waals surface area (Å²) in [4.78, 5) is 0. The Hall–Kier alpha value is -1.34. The average Bonchev–Trinajstić information content (AvgIpc) is 2.94. The van der Waals surface area contributed by atoms with Gasteiger partial charge in [-0.15, -0.1) is 0 Å². The predicted octanol–water partition coefficient (Wildman–Crippen LogP) is 4.30. The van der Waals surface area contributed by atoms with Gasteiger partial charge in [0, 0.05) is 6.61 Å². The highest BCUT2D eigenvalue weighted by Gasteiger charge is 2.14. The summed E-state index contributed by atoms with van der Waals surface area (Å²) < 4.78 is 5.98. The molecule has 0 N–H and O–H groups in total. The number of hydrogen-bond donors (Lipinski definition) is 0. The van der Waals surface area contributed by atoms with Crippen LogP contribution in [0.25, 0.3) is 0 Å². The van der Waals surface area contributed by atoms with Gasteiger partial charge in [-0.1, -0.05) is 55.5 Å². The fourth-order valence-electron chi connectivity index (χ4n) is 2.26. The van der Waals surface area contributed by atoms with E-state index < -0.39 is 0 Å². The van der Waals surface area contributed by atoms with E-state index >= 15 is 0 Å². The van der Waals surface area contributed by atoms with Gasteiger partial charge in [-0.2, -0.15) is 0 Å². The summed E-state index contributed by atoms with van der Waals surface area (Å²) in [5.41, 5.74) is 2.75. The van der Waals surface area contributed by atoms with Crippen molar-refractivity contribution < 1.29 is 4.74 Å². The van der Waals surface area contributed by atoms with E-state index in [0.29, 0.717) is 0 Å². The van der Waals surface area contributed by atoms with Gasteiger partial charge in [0.2, 0.25) is 0 Å². The molecule has 0 radical (unpaired) electrons. The minimum Gasteiger partial charge on any atom is -0.374 e. The second-order valence-corrected chi connectivity index (χ2v) is 4.73. The number of aryl methyl sites for hydroxylation is 1.